The second-order valence-electron chi connectivity index (χ2n) is 18.1. The van der Waals surface area contributed by atoms with E-state index in [1.807, 2.05) is 0 Å². The van der Waals surface area contributed by atoms with E-state index in [0.717, 1.165) is 83.5 Å². The van der Waals surface area contributed by atoms with E-state index in [9.17, 15) is 33.1 Å². The van der Waals surface area contributed by atoms with Gasteiger partial charge in [-0.1, -0.05) is 189 Å². The first-order valence-corrected chi connectivity index (χ1v) is 28.1. The van der Waals surface area contributed by atoms with Gasteiger partial charge in [0.15, 0.2) is 6.29 Å². The second kappa shape index (κ2) is 45.7. The lowest BCUT2D eigenvalue weighted by Gasteiger charge is -2.41. The maximum atomic E-state index is 12.9. The molecule has 0 radical (unpaired) electrons. The molecular weight excluding hydrogens is 885 g/mol. The smallest absolute Gasteiger partial charge is 0.397 e. The Bertz CT molecular complexity index is 1460. The average molecular weight is 981 g/mol. The maximum absolute atomic E-state index is 12.9. The highest BCUT2D eigenvalue weighted by atomic mass is 32.3. The molecule has 0 spiro atoms. The molecule has 394 valence electrons. The summed E-state index contributed by atoms with van der Waals surface area (Å²) in [5.41, 5.74) is 0. The first-order chi connectivity index (χ1) is 33.1. The molecular formula is C55H96O12S. The topological polar surface area (TPSA) is 178 Å². The predicted octanol–water partition coefficient (Wildman–Crippen LogP) is 12.6. The third kappa shape index (κ3) is 38.3. The lowest BCUT2D eigenvalue weighted by molar-refractivity contribution is -0.301. The van der Waals surface area contributed by atoms with Crippen molar-refractivity contribution in [3.05, 3.63) is 72.9 Å². The van der Waals surface area contributed by atoms with Crippen LogP contribution in [0, 0.1) is 0 Å². The fourth-order valence-electron chi connectivity index (χ4n) is 7.81. The molecule has 12 nitrogen and oxygen atoms in total. The van der Waals surface area contributed by atoms with Crippen LogP contribution in [0.1, 0.15) is 206 Å². The zero-order chi connectivity index (χ0) is 49.6. The third-order valence-electron chi connectivity index (χ3n) is 11.8. The van der Waals surface area contributed by atoms with Crippen LogP contribution in [-0.2, 0) is 38.3 Å². The van der Waals surface area contributed by atoms with Crippen LogP contribution in [0.3, 0.4) is 0 Å². The molecule has 1 rings (SSSR count). The third-order valence-corrected chi connectivity index (χ3v) is 12.3. The van der Waals surface area contributed by atoms with Gasteiger partial charge in [-0.15, -0.1) is 0 Å². The number of rotatable bonds is 46. The van der Waals surface area contributed by atoms with Crippen LogP contribution < -0.4 is 0 Å². The van der Waals surface area contributed by atoms with Crippen molar-refractivity contribution in [2.45, 2.75) is 243 Å². The lowest BCUT2D eigenvalue weighted by Crippen LogP contribution is -2.60. The monoisotopic (exact) mass is 981 g/mol. The molecule has 0 bridgehead atoms. The fourth-order valence-corrected chi connectivity index (χ4v) is 8.32. The number of carbonyl (C=O) groups is 1. The molecule has 0 amide bonds. The first kappa shape index (κ1) is 63.6. The van der Waals surface area contributed by atoms with E-state index in [1.54, 1.807) is 0 Å². The maximum Gasteiger partial charge on any atom is 0.397 e. The Hall–Kier alpha value is -2.46. The summed E-state index contributed by atoms with van der Waals surface area (Å²) in [6.45, 7) is 3.86. The van der Waals surface area contributed by atoms with Crippen molar-refractivity contribution < 1.29 is 56.2 Å². The molecule has 0 aromatic heterocycles. The van der Waals surface area contributed by atoms with E-state index in [1.165, 1.54) is 96.3 Å². The molecule has 1 heterocycles. The van der Waals surface area contributed by atoms with Crippen LogP contribution in [0.15, 0.2) is 72.9 Å². The average Bonchev–Trinajstić information content (AvgIpc) is 3.31. The molecule has 1 aliphatic heterocycles. The largest absolute Gasteiger partial charge is 0.457 e. The van der Waals surface area contributed by atoms with Crippen molar-refractivity contribution in [1.82, 2.24) is 0 Å². The van der Waals surface area contributed by atoms with Crippen LogP contribution in [0.4, 0.5) is 0 Å². The summed E-state index contributed by atoms with van der Waals surface area (Å²) >= 11 is 0. The number of aliphatic hydroxyl groups is 3. The molecule has 0 aliphatic carbocycles. The Labute approximate surface area is 413 Å². The zero-order valence-electron chi connectivity index (χ0n) is 42.4. The molecule has 68 heavy (non-hydrogen) atoms. The SMILES string of the molecule is CC/C=C\C/C=C\C/C=C\C/C=C\C/C=C\CCCCCCCCCCCC(=O)OC(COCCCCCCCC/C=C\CCCCCCCC)COC1OC(CO)C(O)C(OS(=O)(=O)O)C1O. The quantitative estimate of drug-likeness (QED) is 0.0197. The van der Waals surface area contributed by atoms with E-state index in [4.69, 9.17) is 18.9 Å². The van der Waals surface area contributed by atoms with Crippen LogP contribution in [-0.4, -0.2) is 97.5 Å². The Balaban J connectivity index is 2.34. The minimum Gasteiger partial charge on any atom is -0.457 e. The molecule has 0 aromatic carbocycles. The van der Waals surface area contributed by atoms with Gasteiger partial charge in [0.1, 0.15) is 30.5 Å². The molecule has 13 heteroatoms. The highest BCUT2D eigenvalue weighted by molar-refractivity contribution is 7.80. The Morgan fingerprint density at radius 1 is 0.574 bits per heavy atom. The summed E-state index contributed by atoms with van der Waals surface area (Å²) in [6.07, 6.45) is 50.7. The van der Waals surface area contributed by atoms with Crippen LogP contribution >= 0.6 is 0 Å². The van der Waals surface area contributed by atoms with E-state index in [0.29, 0.717) is 13.0 Å². The summed E-state index contributed by atoms with van der Waals surface area (Å²) in [5, 5.41) is 30.8. The summed E-state index contributed by atoms with van der Waals surface area (Å²) in [5.74, 6) is -0.409. The molecule has 4 N–H and O–H groups in total. The van der Waals surface area contributed by atoms with Gasteiger partial charge >= 0.3 is 16.4 Å². The van der Waals surface area contributed by atoms with E-state index in [2.05, 4.69) is 90.9 Å². The fraction of sp³-hybridized carbons (Fsp3) is 0.764. The van der Waals surface area contributed by atoms with Crippen LogP contribution in [0.25, 0.3) is 0 Å². The van der Waals surface area contributed by atoms with E-state index < -0.39 is 59.8 Å². The Morgan fingerprint density at radius 3 is 1.50 bits per heavy atom. The molecule has 1 fully saturated rings. The van der Waals surface area contributed by atoms with Gasteiger partial charge in [0.05, 0.1) is 19.8 Å². The Morgan fingerprint density at radius 2 is 1.01 bits per heavy atom. The number of ether oxygens (including phenoxy) is 4. The summed E-state index contributed by atoms with van der Waals surface area (Å²) in [6, 6.07) is 0. The van der Waals surface area contributed by atoms with E-state index >= 15 is 0 Å². The second-order valence-corrected chi connectivity index (χ2v) is 19.1. The number of aliphatic hydroxyl groups excluding tert-OH is 3. The van der Waals surface area contributed by atoms with Gasteiger partial charge in [-0.3, -0.25) is 9.35 Å². The molecule has 0 aromatic rings. The molecule has 6 unspecified atom stereocenters. The van der Waals surface area contributed by atoms with Gasteiger partial charge in [0, 0.05) is 13.0 Å². The van der Waals surface area contributed by atoms with E-state index in [-0.39, 0.29) is 19.6 Å². The van der Waals surface area contributed by atoms with Crippen molar-refractivity contribution in [1.29, 1.82) is 0 Å². The van der Waals surface area contributed by atoms with Crippen molar-refractivity contribution in [3.8, 4) is 0 Å². The minimum absolute atomic E-state index is 0.0267. The zero-order valence-corrected chi connectivity index (χ0v) is 43.2. The number of hydrogen-bond donors (Lipinski definition) is 4. The number of carbonyl (C=O) groups excluding carboxylic acids is 1. The number of hydrogen-bond acceptors (Lipinski definition) is 11. The van der Waals surface area contributed by atoms with Gasteiger partial charge in [-0.25, -0.2) is 4.18 Å². The van der Waals surface area contributed by atoms with Gasteiger partial charge in [0.25, 0.3) is 0 Å². The highest BCUT2D eigenvalue weighted by Gasteiger charge is 2.48. The number of unbranched alkanes of at least 4 members (excludes halogenated alkanes) is 21. The molecule has 0 saturated carbocycles. The van der Waals surface area contributed by atoms with Crippen molar-refractivity contribution in [2.75, 3.05) is 26.4 Å². The lowest BCUT2D eigenvalue weighted by atomic mass is 9.99. The van der Waals surface area contributed by atoms with Crippen molar-refractivity contribution >= 4 is 16.4 Å². The van der Waals surface area contributed by atoms with Crippen LogP contribution in [0.5, 0.6) is 0 Å². The molecule has 1 aliphatic rings. The van der Waals surface area contributed by atoms with Gasteiger partial charge in [-0.2, -0.15) is 8.42 Å². The van der Waals surface area contributed by atoms with Crippen molar-refractivity contribution in [3.63, 3.8) is 0 Å². The summed E-state index contributed by atoms with van der Waals surface area (Å²) in [4.78, 5) is 12.9. The number of allylic oxidation sites excluding steroid dienone is 12. The standard InChI is InChI=1S/C55H96O12S/c1-3-5-7-9-11-13-15-17-19-21-22-23-24-25-26-27-28-29-30-32-34-36-38-40-42-44-51(57)65-49(48-64-55-53(59)54(67-68(60,61)62)52(58)50(46-56)66-55)47-63-45-43-41-39-37-35-33-31-20-18-16-14-12-10-8-6-4-2/h5,7,11,13,17-20,22-23,25-26,49-50,52-56,58-59H,3-4,6,8-10,12,14-16,21,24,27-48H2,1-2H3,(H,60,61,62)/b7-5-,13-11-,19-17-,20-18-,23-22-,26-25-. The molecule has 1 saturated heterocycles. The number of esters is 1. The predicted molar refractivity (Wildman–Crippen MR) is 276 cm³/mol. The van der Waals surface area contributed by atoms with Gasteiger partial charge in [0.2, 0.25) is 0 Å². The highest BCUT2D eigenvalue weighted by Crippen LogP contribution is 2.26. The molecule has 6 atom stereocenters. The van der Waals surface area contributed by atoms with Gasteiger partial charge < -0.3 is 34.3 Å². The Kier molecular flexibility index (Phi) is 42.7. The minimum atomic E-state index is -5.07. The summed E-state index contributed by atoms with van der Waals surface area (Å²) < 4.78 is 59.3. The van der Waals surface area contributed by atoms with Crippen molar-refractivity contribution in [2.24, 2.45) is 0 Å². The van der Waals surface area contributed by atoms with Crippen LogP contribution in [0.2, 0.25) is 0 Å². The summed E-state index contributed by atoms with van der Waals surface area (Å²) in [7, 11) is -5.07. The first-order valence-electron chi connectivity index (χ1n) is 26.7. The normalized spacial score (nSPS) is 19.9. The van der Waals surface area contributed by atoms with Gasteiger partial charge in [-0.05, 0) is 83.5 Å².